The van der Waals surface area contributed by atoms with Crippen molar-refractivity contribution in [1.29, 1.82) is 0 Å². The largest absolute Gasteiger partial charge is 0.497 e. The minimum atomic E-state index is -0.957. The predicted octanol–water partition coefficient (Wildman–Crippen LogP) is 3.34. The first-order valence-electron chi connectivity index (χ1n) is 5.93. The van der Waals surface area contributed by atoms with Crippen molar-refractivity contribution in [1.82, 2.24) is 10.2 Å². The molecule has 2 aromatic rings. The van der Waals surface area contributed by atoms with E-state index in [1.54, 1.807) is 6.08 Å². The van der Waals surface area contributed by atoms with Crippen molar-refractivity contribution in [3.05, 3.63) is 40.7 Å². The molecule has 1 aromatic carbocycles. The molecule has 0 atom stereocenters. The number of anilines is 1. The molecule has 1 aromatic heterocycles. The van der Waals surface area contributed by atoms with Gasteiger partial charge in [0.1, 0.15) is 5.75 Å². The number of hydrogen-bond donors (Lipinski definition) is 1. The summed E-state index contributed by atoms with van der Waals surface area (Å²) in [6.45, 7) is 4.09. The van der Waals surface area contributed by atoms with E-state index in [0.29, 0.717) is 16.0 Å². The first-order chi connectivity index (χ1) is 10.5. The van der Waals surface area contributed by atoms with E-state index in [0.717, 1.165) is 17.8 Å². The monoisotopic (exact) mass is 342 g/mol. The Bertz CT molecular complexity index is 708. The highest BCUT2D eigenvalue weighted by Crippen LogP contribution is 2.40. The zero-order valence-corrected chi connectivity index (χ0v) is 13.0. The van der Waals surface area contributed by atoms with Crippen LogP contribution in [0.2, 0.25) is 0 Å². The van der Waals surface area contributed by atoms with Gasteiger partial charge in [0.25, 0.3) is 0 Å². The molecule has 0 saturated carbocycles. The number of methoxy groups -OCH3 is 1. The van der Waals surface area contributed by atoms with Crippen molar-refractivity contribution < 1.29 is 14.1 Å². The van der Waals surface area contributed by atoms with Crippen molar-refractivity contribution in [2.45, 2.75) is 9.24 Å². The number of hydrogen-bond acceptors (Lipinski definition) is 8. The number of halogens is 1. The molecule has 0 saturated heterocycles. The van der Waals surface area contributed by atoms with Gasteiger partial charge in [-0.3, -0.25) is 10.1 Å². The van der Waals surface area contributed by atoms with Crippen LogP contribution in [-0.4, -0.2) is 28.8 Å². The number of benzene rings is 1. The molecule has 0 fully saturated rings. The van der Waals surface area contributed by atoms with Gasteiger partial charge in [0.05, 0.1) is 16.9 Å². The standard InChI is InChI=1S/C12H11FN4O3S2/c1-3-4-14-11-15-16-12(22-11)21-9-6-7(20-2)5-8(13)10(9)17(18)19/h3,5-6H,1,4H2,2H3,(H,14,15). The number of aromatic nitrogens is 2. The molecule has 7 nitrogen and oxygen atoms in total. The molecule has 1 N–H and O–H groups in total. The Morgan fingerprint density at radius 2 is 2.36 bits per heavy atom. The lowest BCUT2D eigenvalue weighted by Gasteiger charge is -2.05. The molecule has 0 amide bonds. The Morgan fingerprint density at radius 3 is 3.00 bits per heavy atom. The van der Waals surface area contributed by atoms with E-state index in [4.69, 9.17) is 4.74 Å². The lowest BCUT2D eigenvalue weighted by molar-refractivity contribution is -0.390. The van der Waals surface area contributed by atoms with Gasteiger partial charge in [-0.05, 0) is 11.8 Å². The number of nitrogens with one attached hydrogen (secondary N) is 1. The van der Waals surface area contributed by atoms with E-state index in [1.807, 2.05) is 0 Å². The molecular formula is C12H11FN4O3S2. The molecular weight excluding hydrogens is 331 g/mol. The fraction of sp³-hybridized carbons (Fsp3) is 0.167. The second kappa shape index (κ2) is 7.18. The van der Waals surface area contributed by atoms with Crippen LogP contribution in [0.15, 0.2) is 34.0 Å². The van der Waals surface area contributed by atoms with Crippen LogP contribution >= 0.6 is 23.1 Å². The van der Waals surface area contributed by atoms with E-state index in [9.17, 15) is 14.5 Å². The summed E-state index contributed by atoms with van der Waals surface area (Å²) in [6, 6.07) is 2.36. The van der Waals surface area contributed by atoms with E-state index in [2.05, 4.69) is 22.1 Å². The topological polar surface area (TPSA) is 90.2 Å². The normalized spacial score (nSPS) is 10.3. The number of rotatable bonds is 7. The number of nitro groups is 1. The lowest BCUT2D eigenvalue weighted by atomic mass is 10.3. The Kier molecular flexibility index (Phi) is 5.28. The number of ether oxygens (including phenoxy) is 1. The summed E-state index contributed by atoms with van der Waals surface area (Å²) in [5.41, 5.74) is -0.610. The minimum Gasteiger partial charge on any atom is -0.497 e. The molecule has 0 spiro atoms. The predicted molar refractivity (Wildman–Crippen MR) is 82.3 cm³/mol. The fourth-order valence-corrected chi connectivity index (χ4v) is 3.37. The van der Waals surface area contributed by atoms with Crippen molar-refractivity contribution in [2.75, 3.05) is 19.0 Å². The Hall–Kier alpha value is -2.20. The van der Waals surface area contributed by atoms with Crippen LogP contribution in [0.1, 0.15) is 0 Å². The molecule has 0 unspecified atom stereocenters. The Balaban J connectivity index is 2.31. The van der Waals surface area contributed by atoms with E-state index in [1.165, 1.54) is 24.5 Å². The van der Waals surface area contributed by atoms with E-state index in [-0.39, 0.29) is 10.6 Å². The van der Waals surface area contributed by atoms with Crippen molar-refractivity contribution in [3.8, 4) is 5.75 Å². The van der Waals surface area contributed by atoms with Gasteiger partial charge < -0.3 is 10.1 Å². The van der Waals surface area contributed by atoms with Crippen molar-refractivity contribution in [3.63, 3.8) is 0 Å². The summed E-state index contributed by atoms with van der Waals surface area (Å²) in [6.07, 6.45) is 1.66. The first-order valence-corrected chi connectivity index (χ1v) is 7.56. The van der Waals surface area contributed by atoms with Gasteiger partial charge in [-0.25, -0.2) is 0 Å². The highest BCUT2D eigenvalue weighted by molar-refractivity contribution is 8.01. The van der Waals surface area contributed by atoms with Gasteiger partial charge in [-0.15, -0.1) is 16.8 Å². The van der Waals surface area contributed by atoms with E-state index >= 15 is 0 Å². The molecule has 22 heavy (non-hydrogen) atoms. The van der Waals surface area contributed by atoms with E-state index < -0.39 is 16.4 Å². The summed E-state index contributed by atoms with van der Waals surface area (Å²) in [5.74, 6) is -0.763. The third-order valence-electron chi connectivity index (χ3n) is 2.42. The van der Waals surface area contributed by atoms with Crippen LogP contribution < -0.4 is 10.1 Å². The van der Waals surface area contributed by atoms with Crippen LogP contribution in [0.5, 0.6) is 5.75 Å². The van der Waals surface area contributed by atoms with Gasteiger partial charge in [0.2, 0.25) is 10.9 Å². The molecule has 0 radical (unpaired) electrons. The average molecular weight is 342 g/mol. The van der Waals surface area contributed by atoms with Crippen LogP contribution in [0.4, 0.5) is 15.2 Å². The zero-order chi connectivity index (χ0) is 16.1. The van der Waals surface area contributed by atoms with Crippen LogP contribution in [0.25, 0.3) is 0 Å². The summed E-state index contributed by atoms with van der Waals surface area (Å²) < 4.78 is 19.2. The van der Waals surface area contributed by atoms with Crippen molar-refractivity contribution >= 4 is 33.9 Å². The SMILES string of the molecule is C=CCNc1nnc(Sc2cc(OC)cc(F)c2[N+](=O)[O-])s1. The molecule has 116 valence electrons. The smallest absolute Gasteiger partial charge is 0.318 e. The number of nitro benzene ring substituents is 1. The quantitative estimate of drug-likeness (QED) is 0.469. The summed E-state index contributed by atoms with van der Waals surface area (Å²) in [4.78, 5) is 10.4. The lowest BCUT2D eigenvalue weighted by Crippen LogP contribution is -1.96. The maximum atomic E-state index is 13.8. The third-order valence-corrected chi connectivity index (χ3v) is 4.38. The maximum Gasteiger partial charge on any atom is 0.318 e. The van der Waals surface area contributed by atoms with Gasteiger partial charge >= 0.3 is 5.69 Å². The Labute approximate surface area is 133 Å². The van der Waals surface area contributed by atoms with Gasteiger partial charge in [-0.2, -0.15) is 4.39 Å². The zero-order valence-electron chi connectivity index (χ0n) is 11.4. The third kappa shape index (κ3) is 3.71. The second-order valence-corrected chi connectivity index (χ2v) is 6.12. The van der Waals surface area contributed by atoms with Crippen LogP contribution in [-0.2, 0) is 0 Å². The molecule has 1 heterocycles. The first kappa shape index (κ1) is 16.2. The average Bonchev–Trinajstić information content (AvgIpc) is 2.91. The molecule has 0 bridgehead atoms. The highest BCUT2D eigenvalue weighted by atomic mass is 32.2. The summed E-state index contributed by atoms with van der Waals surface area (Å²) >= 11 is 2.16. The fourth-order valence-electron chi connectivity index (χ4n) is 1.50. The summed E-state index contributed by atoms with van der Waals surface area (Å²) in [7, 11) is 1.36. The van der Waals surface area contributed by atoms with Gasteiger partial charge in [0.15, 0.2) is 4.34 Å². The molecule has 10 heteroatoms. The highest BCUT2D eigenvalue weighted by Gasteiger charge is 2.24. The van der Waals surface area contributed by atoms with Crippen LogP contribution in [0.3, 0.4) is 0 Å². The van der Waals surface area contributed by atoms with Crippen LogP contribution in [0, 0.1) is 15.9 Å². The molecule has 0 aliphatic carbocycles. The minimum absolute atomic E-state index is 0.105. The molecule has 2 rings (SSSR count). The van der Waals surface area contributed by atoms with Crippen molar-refractivity contribution in [2.24, 2.45) is 0 Å². The second-order valence-electron chi connectivity index (χ2n) is 3.86. The van der Waals surface area contributed by atoms with Gasteiger partial charge in [-0.1, -0.05) is 17.4 Å². The Morgan fingerprint density at radius 1 is 1.59 bits per heavy atom. The maximum absolute atomic E-state index is 13.8. The summed E-state index contributed by atoms with van der Waals surface area (Å²) in [5, 5.41) is 22.3. The molecule has 0 aliphatic heterocycles. The van der Waals surface area contributed by atoms with Gasteiger partial charge in [0, 0.05) is 18.7 Å². The molecule has 0 aliphatic rings. The number of nitrogens with zero attached hydrogens (tertiary/aromatic N) is 3.